The molecule has 0 saturated carbocycles. The van der Waals surface area contributed by atoms with Crippen LogP contribution in [0.25, 0.3) is 0 Å². The van der Waals surface area contributed by atoms with Gasteiger partial charge < -0.3 is 10.6 Å². The van der Waals surface area contributed by atoms with Gasteiger partial charge in [-0.2, -0.15) is 0 Å². The van der Waals surface area contributed by atoms with Crippen molar-refractivity contribution in [2.24, 2.45) is 11.1 Å². The molecule has 0 aliphatic carbocycles. The van der Waals surface area contributed by atoms with E-state index < -0.39 is 6.04 Å². The van der Waals surface area contributed by atoms with E-state index in [0.717, 1.165) is 43.4 Å². The van der Waals surface area contributed by atoms with Crippen molar-refractivity contribution in [3.8, 4) is 0 Å². The lowest BCUT2D eigenvalue weighted by Gasteiger charge is -2.38. The van der Waals surface area contributed by atoms with Crippen molar-refractivity contribution in [3.63, 3.8) is 0 Å². The maximum absolute atomic E-state index is 12.4. The monoisotopic (exact) mass is 310 g/mol. The topological polar surface area (TPSA) is 62.5 Å². The molecule has 0 aromatic carbocycles. The lowest BCUT2D eigenvalue weighted by molar-refractivity contribution is -0.136. The summed E-state index contributed by atoms with van der Waals surface area (Å²) in [6, 6.07) is -0.426. The number of amides is 1. The number of aromatic nitrogens is 1. The van der Waals surface area contributed by atoms with E-state index in [4.69, 9.17) is 5.73 Å². The van der Waals surface area contributed by atoms with Gasteiger partial charge in [0.2, 0.25) is 5.91 Å². The summed E-state index contributed by atoms with van der Waals surface area (Å²) < 4.78 is 0. The number of rotatable bonds is 3. The van der Waals surface area contributed by atoms with Gasteiger partial charge in [0.05, 0.1) is 16.7 Å². The van der Waals surface area contributed by atoms with E-state index >= 15 is 0 Å². The predicted octanol–water partition coefficient (Wildman–Crippen LogP) is 1.47. The molecule has 21 heavy (non-hydrogen) atoms. The molecule has 1 fully saturated rings. The van der Waals surface area contributed by atoms with Gasteiger partial charge >= 0.3 is 0 Å². The second kappa shape index (κ2) is 6.42. The number of hydrogen-bond acceptors (Lipinski definition) is 5. The van der Waals surface area contributed by atoms with E-state index in [-0.39, 0.29) is 11.3 Å². The van der Waals surface area contributed by atoms with E-state index in [2.05, 4.69) is 15.3 Å². The molecule has 1 aromatic heterocycles. The van der Waals surface area contributed by atoms with Crippen LogP contribution in [0.1, 0.15) is 31.5 Å². The minimum Gasteiger partial charge on any atom is -0.339 e. The van der Waals surface area contributed by atoms with Gasteiger partial charge in [0.1, 0.15) is 0 Å². The molecule has 2 heterocycles. The lowest BCUT2D eigenvalue weighted by Crippen LogP contribution is -2.56. The first-order valence-electron chi connectivity index (χ1n) is 7.45. The summed E-state index contributed by atoms with van der Waals surface area (Å²) >= 11 is 1.69. The largest absolute Gasteiger partial charge is 0.339 e. The van der Waals surface area contributed by atoms with Crippen molar-refractivity contribution in [3.05, 3.63) is 16.1 Å². The van der Waals surface area contributed by atoms with E-state index in [1.165, 1.54) is 0 Å². The van der Waals surface area contributed by atoms with Gasteiger partial charge in [0.15, 0.2) is 0 Å². The van der Waals surface area contributed by atoms with Gasteiger partial charge in [-0.05, 0) is 12.3 Å². The van der Waals surface area contributed by atoms with Crippen LogP contribution in [0.5, 0.6) is 0 Å². The minimum absolute atomic E-state index is 0.0756. The maximum Gasteiger partial charge on any atom is 0.240 e. The summed E-state index contributed by atoms with van der Waals surface area (Å²) in [7, 11) is 0. The predicted molar refractivity (Wildman–Crippen MR) is 86.1 cm³/mol. The molecule has 6 heteroatoms. The number of aryl methyl sites for hydroxylation is 1. The fourth-order valence-corrected chi connectivity index (χ4v) is 3.01. The highest BCUT2D eigenvalue weighted by Crippen LogP contribution is 2.20. The zero-order chi connectivity index (χ0) is 15.6. The van der Waals surface area contributed by atoms with Gasteiger partial charge in [-0.1, -0.05) is 20.8 Å². The van der Waals surface area contributed by atoms with Crippen molar-refractivity contribution >= 4 is 17.2 Å². The molecule has 0 radical (unpaired) electrons. The molecular weight excluding hydrogens is 284 g/mol. The highest BCUT2D eigenvalue weighted by Gasteiger charge is 2.32. The van der Waals surface area contributed by atoms with Crippen LogP contribution in [0.3, 0.4) is 0 Å². The Morgan fingerprint density at radius 1 is 1.38 bits per heavy atom. The normalized spacial score (nSPS) is 18.8. The van der Waals surface area contributed by atoms with Crippen molar-refractivity contribution in [1.29, 1.82) is 0 Å². The Bertz CT molecular complexity index is 486. The lowest BCUT2D eigenvalue weighted by atomic mass is 9.86. The van der Waals surface area contributed by atoms with Gasteiger partial charge in [0, 0.05) is 38.1 Å². The Morgan fingerprint density at radius 2 is 2.00 bits per heavy atom. The summed E-state index contributed by atoms with van der Waals surface area (Å²) in [6.07, 6.45) is 0. The van der Waals surface area contributed by atoms with E-state index in [9.17, 15) is 4.79 Å². The van der Waals surface area contributed by atoms with Gasteiger partial charge in [-0.15, -0.1) is 11.3 Å². The first-order chi connectivity index (χ1) is 9.77. The van der Waals surface area contributed by atoms with Crippen LogP contribution in [0, 0.1) is 12.3 Å². The van der Waals surface area contributed by atoms with Crippen LogP contribution in [-0.2, 0) is 11.3 Å². The fourth-order valence-electron chi connectivity index (χ4n) is 2.40. The molecule has 1 unspecified atom stereocenters. The average Bonchev–Trinajstić information content (AvgIpc) is 2.82. The van der Waals surface area contributed by atoms with Crippen molar-refractivity contribution < 1.29 is 4.79 Å². The Kier molecular flexibility index (Phi) is 5.01. The van der Waals surface area contributed by atoms with Crippen molar-refractivity contribution in [2.75, 3.05) is 26.2 Å². The Labute approximate surface area is 131 Å². The first kappa shape index (κ1) is 16.4. The number of nitrogens with zero attached hydrogens (tertiary/aromatic N) is 3. The summed E-state index contributed by atoms with van der Waals surface area (Å²) in [6.45, 7) is 12.2. The van der Waals surface area contributed by atoms with Gasteiger partial charge in [0.25, 0.3) is 0 Å². The molecule has 1 atom stereocenters. The summed E-state index contributed by atoms with van der Waals surface area (Å²) in [5.74, 6) is 0.0756. The van der Waals surface area contributed by atoms with Gasteiger partial charge in [-0.25, -0.2) is 4.98 Å². The third-order valence-corrected chi connectivity index (χ3v) is 4.76. The van der Waals surface area contributed by atoms with Crippen LogP contribution in [0.15, 0.2) is 5.38 Å². The molecule has 1 aliphatic heterocycles. The number of thiazole rings is 1. The Hall–Kier alpha value is -0.980. The Balaban J connectivity index is 1.84. The third kappa shape index (κ3) is 4.25. The molecule has 1 amide bonds. The number of carbonyl (C=O) groups is 1. The molecule has 118 valence electrons. The van der Waals surface area contributed by atoms with Crippen molar-refractivity contribution in [1.82, 2.24) is 14.8 Å². The summed E-state index contributed by atoms with van der Waals surface area (Å²) in [5, 5.41) is 3.22. The summed E-state index contributed by atoms with van der Waals surface area (Å²) in [4.78, 5) is 21.1. The average molecular weight is 310 g/mol. The standard InChI is InChI=1S/C15H26N4OS/c1-11-17-12(10-21-11)9-18-5-7-19(8-6-18)14(20)13(16)15(2,3)4/h10,13H,5-9,16H2,1-4H3. The van der Waals surface area contributed by atoms with E-state index in [1.807, 2.05) is 32.6 Å². The van der Waals surface area contributed by atoms with Crippen LogP contribution >= 0.6 is 11.3 Å². The number of nitrogens with two attached hydrogens (primary N) is 1. The number of hydrogen-bond donors (Lipinski definition) is 1. The second-order valence-corrected chi connectivity index (χ2v) is 7.87. The van der Waals surface area contributed by atoms with Crippen LogP contribution < -0.4 is 5.73 Å². The molecule has 1 saturated heterocycles. The smallest absolute Gasteiger partial charge is 0.240 e. The zero-order valence-corrected chi connectivity index (χ0v) is 14.2. The van der Waals surface area contributed by atoms with Crippen LogP contribution in [-0.4, -0.2) is 52.9 Å². The zero-order valence-electron chi connectivity index (χ0n) is 13.4. The molecule has 1 aromatic rings. The van der Waals surface area contributed by atoms with E-state index in [1.54, 1.807) is 11.3 Å². The second-order valence-electron chi connectivity index (χ2n) is 6.80. The maximum atomic E-state index is 12.4. The number of piperazine rings is 1. The third-order valence-electron chi connectivity index (χ3n) is 3.94. The molecule has 0 bridgehead atoms. The quantitative estimate of drug-likeness (QED) is 0.918. The van der Waals surface area contributed by atoms with Crippen LogP contribution in [0.2, 0.25) is 0 Å². The molecule has 1 aliphatic rings. The Morgan fingerprint density at radius 3 is 2.48 bits per heavy atom. The van der Waals surface area contributed by atoms with Gasteiger partial charge in [-0.3, -0.25) is 9.69 Å². The molecule has 2 rings (SSSR count). The highest BCUT2D eigenvalue weighted by molar-refractivity contribution is 7.09. The van der Waals surface area contributed by atoms with Crippen molar-refractivity contribution in [2.45, 2.75) is 40.3 Å². The highest BCUT2D eigenvalue weighted by atomic mass is 32.1. The van der Waals surface area contributed by atoms with E-state index in [0.29, 0.717) is 0 Å². The molecular formula is C15H26N4OS. The first-order valence-corrected chi connectivity index (χ1v) is 8.33. The number of carbonyl (C=O) groups excluding carboxylic acids is 1. The molecule has 5 nitrogen and oxygen atoms in total. The summed E-state index contributed by atoms with van der Waals surface area (Å²) in [5.41, 5.74) is 7.01. The van der Waals surface area contributed by atoms with Crippen LogP contribution in [0.4, 0.5) is 0 Å². The molecule has 2 N–H and O–H groups in total. The molecule has 0 spiro atoms. The SMILES string of the molecule is Cc1nc(CN2CCN(C(=O)C(N)C(C)(C)C)CC2)cs1. The minimum atomic E-state index is -0.426. The fraction of sp³-hybridized carbons (Fsp3) is 0.733.